The summed E-state index contributed by atoms with van der Waals surface area (Å²) in [7, 11) is 0. The van der Waals surface area contributed by atoms with Gasteiger partial charge in [0.2, 0.25) is 5.78 Å². The number of nitrogens with two attached hydrogens (primary N) is 2. The average molecular weight is 458 g/mol. The van der Waals surface area contributed by atoms with Crippen molar-refractivity contribution >= 4 is 34.0 Å². The lowest BCUT2D eigenvalue weighted by molar-refractivity contribution is 0.0531. The molecule has 2 heterocycles. The molecule has 0 spiro atoms. The normalized spacial score (nSPS) is 11.6. The number of rotatable bonds is 12. The van der Waals surface area contributed by atoms with Crippen LogP contribution >= 0.6 is 11.3 Å². The zero-order chi connectivity index (χ0) is 22.9. The third-order valence-electron chi connectivity index (χ3n) is 4.77. The van der Waals surface area contributed by atoms with E-state index in [1.807, 2.05) is 24.3 Å². The van der Waals surface area contributed by atoms with E-state index in [2.05, 4.69) is 9.97 Å². The van der Waals surface area contributed by atoms with E-state index in [9.17, 15) is 9.59 Å². The van der Waals surface area contributed by atoms with E-state index in [1.165, 1.54) is 16.6 Å². The minimum absolute atomic E-state index is 0.0551. The highest BCUT2D eigenvalue weighted by molar-refractivity contribution is 7.12. The molecule has 6 N–H and O–H groups in total. The molecule has 0 aliphatic carbocycles. The zero-order valence-electron chi connectivity index (χ0n) is 17.6. The summed E-state index contributed by atoms with van der Waals surface area (Å²) in [6.07, 6.45) is 6.71. The maximum Gasteiger partial charge on any atom is 0.358 e. The van der Waals surface area contributed by atoms with Crippen LogP contribution in [-0.4, -0.2) is 51.6 Å². The van der Waals surface area contributed by atoms with Gasteiger partial charge in [-0.3, -0.25) is 4.79 Å². The molecule has 9 nitrogen and oxygen atoms in total. The molecule has 2 aromatic heterocycles. The summed E-state index contributed by atoms with van der Waals surface area (Å²) in [6.45, 7) is 0.661. The van der Waals surface area contributed by atoms with Gasteiger partial charge in [-0.2, -0.15) is 0 Å². The van der Waals surface area contributed by atoms with Crippen molar-refractivity contribution in [1.82, 2.24) is 15.0 Å². The van der Waals surface area contributed by atoms with Gasteiger partial charge in [0.15, 0.2) is 10.7 Å². The van der Waals surface area contributed by atoms with Crippen molar-refractivity contribution in [2.24, 2.45) is 11.6 Å². The second kappa shape index (κ2) is 11.4. The summed E-state index contributed by atoms with van der Waals surface area (Å²) >= 11 is 1.09. The number of nitrogens with zero attached hydrogens (tertiary/aromatic N) is 2. The quantitative estimate of drug-likeness (QED) is 0.107. The van der Waals surface area contributed by atoms with Crippen molar-refractivity contribution in [3.05, 3.63) is 64.0 Å². The molecule has 10 heteroatoms. The number of hydrogen-bond donors (Lipinski definition) is 4. The van der Waals surface area contributed by atoms with Gasteiger partial charge in [0.05, 0.1) is 11.3 Å². The molecule has 3 aromatic rings. The molecule has 0 bridgehead atoms. The maximum atomic E-state index is 12.8. The van der Waals surface area contributed by atoms with Crippen molar-refractivity contribution in [3.63, 3.8) is 0 Å². The van der Waals surface area contributed by atoms with Crippen molar-refractivity contribution in [1.29, 1.82) is 0 Å². The predicted octanol–water partition coefficient (Wildman–Crippen LogP) is 2.54. The summed E-state index contributed by atoms with van der Waals surface area (Å²) in [5.74, 6) is 4.94. The summed E-state index contributed by atoms with van der Waals surface area (Å²) in [5.41, 5.74) is 7.58. The Kier molecular flexibility index (Phi) is 8.37. The number of hydrogen-bond acceptors (Lipinski definition) is 9. The Morgan fingerprint density at radius 3 is 2.81 bits per heavy atom. The number of carbonyl (C=O) groups is 2. The summed E-state index contributed by atoms with van der Waals surface area (Å²) in [4.78, 5) is 32.3. The molecule has 0 saturated carbocycles. The zero-order valence-corrected chi connectivity index (χ0v) is 18.4. The molecule has 0 unspecified atom stereocenters. The fourth-order valence-corrected chi connectivity index (χ4v) is 3.88. The van der Waals surface area contributed by atoms with Crippen LogP contribution in [0.3, 0.4) is 0 Å². The SMILES string of the molecule is N/C(=C\N(N)CCCCCCO)COC(=O)c1csc(C(=O)c2c[nH]c3ccccc23)n1. The lowest BCUT2D eigenvalue weighted by Gasteiger charge is -2.14. The standard InChI is InChI=1S/C22H27N5O4S/c23-15(12-27(24)9-5-1-2-6-10-28)13-31-22(30)19-14-32-21(26-19)20(29)17-11-25-18-8-4-3-7-16(17)18/h3-4,7-8,11-12,14,25,28H,1-2,5-6,9-10,13,23-24H2/b15-12-. The molecule has 3 rings (SSSR count). The number of thiazole rings is 1. The van der Waals surface area contributed by atoms with E-state index < -0.39 is 5.97 Å². The maximum absolute atomic E-state index is 12.8. The number of benzene rings is 1. The van der Waals surface area contributed by atoms with Gasteiger partial charge in [0.1, 0.15) is 6.61 Å². The number of carbonyl (C=O) groups excluding carboxylic acids is 2. The molecule has 0 radical (unpaired) electrons. The van der Waals surface area contributed by atoms with Gasteiger partial charge < -0.3 is 25.6 Å². The number of aliphatic hydroxyl groups is 1. The number of nitrogens with one attached hydrogen (secondary N) is 1. The number of unbranched alkanes of at least 4 members (excludes halogenated alkanes) is 3. The highest BCUT2D eigenvalue weighted by atomic mass is 32.1. The van der Waals surface area contributed by atoms with E-state index in [0.29, 0.717) is 17.8 Å². The number of ketones is 1. The van der Waals surface area contributed by atoms with Gasteiger partial charge in [-0.25, -0.2) is 15.6 Å². The number of para-hydroxylation sites is 1. The van der Waals surface area contributed by atoms with Gasteiger partial charge in [0.25, 0.3) is 0 Å². The van der Waals surface area contributed by atoms with Crippen molar-refractivity contribution in [2.75, 3.05) is 19.8 Å². The van der Waals surface area contributed by atoms with E-state index in [-0.39, 0.29) is 29.7 Å². The number of esters is 1. The van der Waals surface area contributed by atoms with Crippen LogP contribution in [0.5, 0.6) is 0 Å². The number of H-pyrrole nitrogens is 1. The number of aromatic amines is 1. The Bertz CT molecular complexity index is 1090. The van der Waals surface area contributed by atoms with E-state index >= 15 is 0 Å². The first kappa shape index (κ1) is 23.5. The first-order chi connectivity index (χ1) is 15.5. The van der Waals surface area contributed by atoms with Crippen LogP contribution in [0, 0.1) is 0 Å². The molecule has 32 heavy (non-hydrogen) atoms. The van der Waals surface area contributed by atoms with E-state index in [0.717, 1.165) is 47.9 Å². The average Bonchev–Trinajstić information content (AvgIpc) is 3.44. The molecule has 0 saturated heterocycles. The van der Waals surface area contributed by atoms with Crippen LogP contribution in [0.15, 0.2) is 47.7 Å². The first-order valence-corrected chi connectivity index (χ1v) is 11.2. The second-order valence-electron chi connectivity index (χ2n) is 7.27. The third kappa shape index (κ3) is 6.16. The molecule has 0 aliphatic heterocycles. The monoisotopic (exact) mass is 457 g/mol. The Labute approximate surface area is 189 Å². The molecule has 0 fully saturated rings. The first-order valence-electron chi connectivity index (χ1n) is 10.3. The van der Waals surface area contributed by atoms with Crippen LogP contribution in [0.2, 0.25) is 0 Å². The molecule has 0 atom stereocenters. The summed E-state index contributed by atoms with van der Waals surface area (Å²) in [6, 6.07) is 7.48. The van der Waals surface area contributed by atoms with Crippen LogP contribution in [0.1, 0.15) is 51.5 Å². The highest BCUT2D eigenvalue weighted by Crippen LogP contribution is 2.22. The topological polar surface area (TPSA) is 148 Å². The minimum Gasteiger partial charge on any atom is -0.454 e. The van der Waals surface area contributed by atoms with Crippen LogP contribution < -0.4 is 11.6 Å². The molecule has 0 amide bonds. The van der Waals surface area contributed by atoms with E-state index in [4.69, 9.17) is 21.4 Å². The van der Waals surface area contributed by atoms with Gasteiger partial charge in [-0.15, -0.1) is 11.3 Å². The van der Waals surface area contributed by atoms with Crippen molar-refractivity contribution < 1.29 is 19.4 Å². The lowest BCUT2D eigenvalue weighted by Crippen LogP contribution is -2.28. The van der Waals surface area contributed by atoms with Crippen LogP contribution in [0.25, 0.3) is 10.9 Å². The number of aromatic nitrogens is 2. The summed E-state index contributed by atoms with van der Waals surface area (Å²) in [5, 5.41) is 12.7. The predicted molar refractivity (Wildman–Crippen MR) is 123 cm³/mol. The second-order valence-corrected chi connectivity index (χ2v) is 8.13. The Hall–Kier alpha value is -3.21. The van der Waals surface area contributed by atoms with Gasteiger partial charge in [-0.1, -0.05) is 31.0 Å². The van der Waals surface area contributed by atoms with Gasteiger partial charge in [-0.05, 0) is 18.9 Å². The van der Waals surface area contributed by atoms with Crippen molar-refractivity contribution in [3.8, 4) is 0 Å². The molecular weight excluding hydrogens is 430 g/mol. The fraction of sp³-hybridized carbons (Fsp3) is 0.318. The molecule has 170 valence electrons. The molecule has 0 aliphatic rings. The number of ether oxygens (including phenoxy) is 1. The van der Waals surface area contributed by atoms with Gasteiger partial charge in [0, 0.05) is 41.8 Å². The van der Waals surface area contributed by atoms with Crippen LogP contribution in [-0.2, 0) is 4.74 Å². The smallest absolute Gasteiger partial charge is 0.358 e. The molecular formula is C22H27N5O4S. The summed E-state index contributed by atoms with van der Waals surface area (Å²) < 4.78 is 5.19. The third-order valence-corrected chi connectivity index (χ3v) is 5.61. The largest absolute Gasteiger partial charge is 0.454 e. The van der Waals surface area contributed by atoms with Crippen molar-refractivity contribution in [2.45, 2.75) is 25.7 Å². The Morgan fingerprint density at radius 1 is 1.22 bits per heavy atom. The number of hydrazine groups is 1. The van der Waals surface area contributed by atoms with Gasteiger partial charge >= 0.3 is 5.97 Å². The van der Waals surface area contributed by atoms with Crippen LogP contribution in [0.4, 0.5) is 0 Å². The number of aliphatic hydroxyl groups excluding tert-OH is 1. The Morgan fingerprint density at radius 2 is 2.00 bits per heavy atom. The fourth-order valence-electron chi connectivity index (χ4n) is 3.14. The minimum atomic E-state index is -0.664. The highest BCUT2D eigenvalue weighted by Gasteiger charge is 2.20. The Balaban J connectivity index is 1.51. The lowest BCUT2D eigenvalue weighted by atomic mass is 10.1. The molecule has 1 aromatic carbocycles. The number of fused-ring (bicyclic) bond motifs is 1. The van der Waals surface area contributed by atoms with E-state index in [1.54, 1.807) is 6.20 Å².